The van der Waals surface area contributed by atoms with Crippen LogP contribution in [0, 0.1) is 0 Å². The van der Waals surface area contributed by atoms with Gasteiger partial charge >= 0.3 is 0 Å². The quantitative estimate of drug-likeness (QED) is 0.143. The van der Waals surface area contributed by atoms with E-state index in [2.05, 4.69) is 253 Å². The van der Waals surface area contributed by atoms with Gasteiger partial charge in [-0.05, 0) is 103 Å². The Labute approximate surface area is 439 Å². The molecule has 0 saturated carbocycles. The summed E-state index contributed by atoms with van der Waals surface area (Å²) in [5.41, 5.74) is 18.1. The summed E-state index contributed by atoms with van der Waals surface area (Å²) in [6.45, 7) is 0. The lowest BCUT2D eigenvalue weighted by molar-refractivity contribution is 1.18. The third-order valence-corrected chi connectivity index (χ3v) is 14.4. The van der Waals surface area contributed by atoms with Crippen LogP contribution in [0.25, 0.3) is 145 Å². The first-order valence-electron chi connectivity index (χ1n) is 25.5. The van der Waals surface area contributed by atoms with Crippen molar-refractivity contribution in [2.75, 3.05) is 0 Å². The minimum absolute atomic E-state index is 0.661. The van der Waals surface area contributed by atoms with E-state index < -0.39 is 0 Å². The smallest absolute Gasteiger partial charge is 0.160 e. The topological polar surface area (TPSA) is 77.3 Å². The van der Waals surface area contributed by atoms with Crippen molar-refractivity contribution in [1.82, 2.24) is 29.9 Å². The summed E-state index contributed by atoms with van der Waals surface area (Å²) >= 11 is 0. The molecule has 76 heavy (non-hydrogen) atoms. The molecule has 14 rings (SSSR count). The first-order chi connectivity index (χ1) is 37.6. The summed E-state index contributed by atoms with van der Waals surface area (Å²) < 4.78 is 0. The molecule has 0 amide bonds. The molecule has 6 nitrogen and oxygen atoms in total. The Hall–Kier alpha value is -10.3. The molecule has 4 aromatic heterocycles. The summed E-state index contributed by atoms with van der Waals surface area (Å²) in [5, 5.41) is 6.85. The van der Waals surface area contributed by atoms with E-state index in [-0.39, 0.29) is 0 Å². The SMILES string of the molecule is c1cnc2ccc(-c3ccc(-c4cc(-c5cccc6ccccc56)nc(-c5ccc(-c6ccc(-c7nc(-c8ccc(-c9ccc%10ncccc%10c9)cc8)cc(-c8cccc9ccccc89)n7)cc6)cc5)n4)cc3)cc2c1. The van der Waals surface area contributed by atoms with Gasteiger partial charge in [0.25, 0.3) is 0 Å². The van der Waals surface area contributed by atoms with Gasteiger partial charge in [0, 0.05) is 56.5 Å². The van der Waals surface area contributed by atoms with Crippen molar-refractivity contribution in [2.45, 2.75) is 0 Å². The lowest BCUT2D eigenvalue weighted by atomic mass is 9.98. The van der Waals surface area contributed by atoms with E-state index >= 15 is 0 Å². The van der Waals surface area contributed by atoms with E-state index in [1.165, 1.54) is 0 Å². The third kappa shape index (κ3) is 8.49. The number of pyridine rings is 2. The highest BCUT2D eigenvalue weighted by Crippen LogP contribution is 2.37. The van der Waals surface area contributed by atoms with Crippen LogP contribution in [0.1, 0.15) is 0 Å². The average Bonchev–Trinajstić information content (AvgIpc) is 3.52. The minimum Gasteiger partial charge on any atom is -0.256 e. The number of hydrogen-bond acceptors (Lipinski definition) is 6. The zero-order valence-corrected chi connectivity index (χ0v) is 41.1. The Morgan fingerprint density at radius 1 is 0.211 bits per heavy atom. The average molecular weight is 969 g/mol. The molecule has 0 saturated heterocycles. The van der Waals surface area contributed by atoms with Gasteiger partial charge in [-0.2, -0.15) is 0 Å². The molecule has 14 aromatic rings. The molecule has 0 atom stereocenters. The second kappa shape index (κ2) is 19.0. The number of fused-ring (bicyclic) bond motifs is 4. The van der Waals surface area contributed by atoms with Gasteiger partial charge in [-0.3, -0.25) is 9.97 Å². The molecule has 0 spiro atoms. The van der Waals surface area contributed by atoms with Crippen molar-refractivity contribution in [3.8, 4) is 101 Å². The van der Waals surface area contributed by atoms with Gasteiger partial charge in [0.15, 0.2) is 11.6 Å². The first-order valence-corrected chi connectivity index (χ1v) is 25.5. The predicted molar refractivity (Wildman–Crippen MR) is 312 cm³/mol. The molecule has 0 aliphatic carbocycles. The fraction of sp³-hybridized carbons (Fsp3) is 0. The van der Waals surface area contributed by atoms with Gasteiger partial charge < -0.3 is 0 Å². The fourth-order valence-electron chi connectivity index (χ4n) is 10.4. The van der Waals surface area contributed by atoms with Crippen molar-refractivity contribution in [2.24, 2.45) is 0 Å². The molecular weight excluding hydrogens is 925 g/mol. The summed E-state index contributed by atoms with van der Waals surface area (Å²) in [5.74, 6) is 1.32. The molecule has 0 N–H and O–H groups in total. The molecule has 0 fully saturated rings. The Morgan fingerprint density at radius 3 is 0.974 bits per heavy atom. The summed E-state index contributed by atoms with van der Waals surface area (Å²) in [6, 6.07) is 89.4. The maximum absolute atomic E-state index is 5.26. The van der Waals surface area contributed by atoms with E-state index in [9.17, 15) is 0 Å². The van der Waals surface area contributed by atoms with E-state index in [1.54, 1.807) is 0 Å². The Morgan fingerprint density at radius 2 is 0.539 bits per heavy atom. The predicted octanol–water partition coefficient (Wildman–Crippen LogP) is 17.7. The summed E-state index contributed by atoms with van der Waals surface area (Å²) in [7, 11) is 0. The van der Waals surface area contributed by atoms with Crippen LogP contribution < -0.4 is 0 Å². The Kier molecular flexibility index (Phi) is 11.1. The molecule has 6 heteroatoms. The first kappa shape index (κ1) is 44.4. The van der Waals surface area contributed by atoms with Gasteiger partial charge in [0.05, 0.1) is 33.8 Å². The maximum atomic E-state index is 5.26. The maximum Gasteiger partial charge on any atom is 0.160 e. The van der Waals surface area contributed by atoms with E-state index in [0.29, 0.717) is 11.6 Å². The van der Waals surface area contributed by atoms with Crippen molar-refractivity contribution in [3.63, 3.8) is 0 Å². The third-order valence-electron chi connectivity index (χ3n) is 14.4. The molecule has 10 aromatic carbocycles. The highest BCUT2D eigenvalue weighted by atomic mass is 14.9. The molecule has 4 heterocycles. The van der Waals surface area contributed by atoms with Crippen molar-refractivity contribution in [3.05, 3.63) is 267 Å². The van der Waals surface area contributed by atoms with E-state index in [1.807, 2.05) is 24.5 Å². The van der Waals surface area contributed by atoms with E-state index in [4.69, 9.17) is 19.9 Å². The monoisotopic (exact) mass is 968 g/mol. The lowest BCUT2D eigenvalue weighted by Gasteiger charge is -2.13. The molecule has 0 radical (unpaired) electrons. The Bertz CT molecular complexity index is 4190. The molecule has 0 unspecified atom stereocenters. The zero-order valence-electron chi connectivity index (χ0n) is 41.1. The fourth-order valence-corrected chi connectivity index (χ4v) is 10.4. The summed E-state index contributed by atoms with van der Waals surface area (Å²) in [6.07, 6.45) is 3.66. The molecular formula is C70H44N6. The van der Waals surface area contributed by atoms with Crippen LogP contribution in [0.3, 0.4) is 0 Å². The largest absolute Gasteiger partial charge is 0.256 e. The van der Waals surface area contributed by atoms with Crippen molar-refractivity contribution >= 4 is 43.4 Å². The second-order valence-electron chi connectivity index (χ2n) is 19.1. The highest BCUT2D eigenvalue weighted by molar-refractivity contribution is 5.98. The van der Waals surface area contributed by atoms with Crippen LogP contribution >= 0.6 is 0 Å². The molecule has 0 aliphatic rings. The standard InChI is InChI=1S/C70H44N6/c1-3-15-59-49(9-1)11-5-17-61(59)67-43-65(51-27-19-47(20-28-51)55-35-37-63-57(41-55)13-7-39-71-63)73-69(75-67)53-31-23-45(24-32-53)46-25-33-54(34-26-46)70-74-66(44-68(76-70)62-18-6-12-50-10-2-4-16-60(50)62)52-29-21-48(22-30-52)56-36-38-64-58(42-56)14-8-40-72-64/h1-44H. The van der Waals surface area contributed by atoms with Crippen LogP contribution in [0.2, 0.25) is 0 Å². The van der Waals surface area contributed by atoms with Crippen LogP contribution in [0.5, 0.6) is 0 Å². The molecule has 354 valence electrons. The summed E-state index contributed by atoms with van der Waals surface area (Å²) in [4.78, 5) is 30.0. The van der Waals surface area contributed by atoms with Crippen LogP contribution in [0.4, 0.5) is 0 Å². The Balaban J connectivity index is 0.792. The van der Waals surface area contributed by atoms with Gasteiger partial charge in [-0.25, -0.2) is 19.9 Å². The lowest BCUT2D eigenvalue weighted by Crippen LogP contribution is -1.97. The number of nitrogens with zero attached hydrogens (tertiary/aromatic N) is 6. The highest BCUT2D eigenvalue weighted by Gasteiger charge is 2.16. The van der Waals surface area contributed by atoms with Crippen molar-refractivity contribution in [1.29, 1.82) is 0 Å². The van der Waals surface area contributed by atoms with Gasteiger partial charge in [-0.15, -0.1) is 0 Å². The number of hydrogen-bond donors (Lipinski definition) is 0. The van der Waals surface area contributed by atoms with Gasteiger partial charge in [0.1, 0.15) is 0 Å². The van der Waals surface area contributed by atoms with Crippen LogP contribution in [0.15, 0.2) is 267 Å². The number of benzene rings is 10. The van der Waals surface area contributed by atoms with Crippen molar-refractivity contribution < 1.29 is 0 Å². The normalized spacial score (nSPS) is 11.4. The minimum atomic E-state index is 0.661. The number of aromatic nitrogens is 6. The molecule has 0 aliphatic heterocycles. The van der Waals surface area contributed by atoms with Gasteiger partial charge in [0.2, 0.25) is 0 Å². The van der Waals surface area contributed by atoms with Crippen LogP contribution in [-0.2, 0) is 0 Å². The molecule has 0 bridgehead atoms. The number of rotatable bonds is 9. The zero-order chi connectivity index (χ0) is 50.4. The van der Waals surface area contributed by atoms with E-state index in [0.717, 1.165) is 133 Å². The second-order valence-corrected chi connectivity index (χ2v) is 19.1. The van der Waals surface area contributed by atoms with Gasteiger partial charge in [-0.1, -0.05) is 206 Å². The van der Waals surface area contributed by atoms with Crippen LogP contribution in [-0.4, -0.2) is 29.9 Å².